The van der Waals surface area contributed by atoms with Crippen molar-refractivity contribution in [1.82, 2.24) is 14.6 Å². The second-order valence-electron chi connectivity index (χ2n) is 16.6. The first kappa shape index (κ1) is 40.4. The number of anilines is 1. The molecule has 13 nitrogen and oxygen atoms in total. The number of nitrogens with one attached hydrogen (secondary N) is 1. The number of hydrogen-bond donors (Lipinski definition) is 2. The molecule has 4 heterocycles. The Labute approximate surface area is 334 Å². The highest BCUT2D eigenvalue weighted by Crippen LogP contribution is 2.53. The lowest BCUT2D eigenvalue weighted by Gasteiger charge is -2.43. The smallest absolute Gasteiger partial charge is 0.410 e. The Hall–Kier alpha value is -4.83. The van der Waals surface area contributed by atoms with Crippen LogP contribution in [0.3, 0.4) is 0 Å². The standard InChI is InChI=1S/C43H52N4O9Si/c1-40(2,3)57(8,9)53-26-42(37-36(54-41(4,5)56-37)35(55-42)33-23-24-34-38(46-39(48)49)44-27-45-47(33)34)25-52-43(28-13-11-10-12-14-28,29-15-19-31(50-6)20-16-29)30-17-21-32(51-7)22-18-30/h10-24,27,35-37H,25-26H2,1-9H3,(H,48,49)(H,44,45,46)/t35-,36-,37-,42+/m0/s1. The van der Waals surface area contributed by atoms with E-state index < -0.39 is 49.7 Å². The largest absolute Gasteiger partial charge is 0.497 e. The van der Waals surface area contributed by atoms with Gasteiger partial charge < -0.3 is 38.0 Å². The molecule has 0 radical (unpaired) electrons. The number of benzene rings is 3. The fourth-order valence-corrected chi connectivity index (χ4v) is 8.54. The van der Waals surface area contributed by atoms with Gasteiger partial charge in [-0.05, 0) is 85.1 Å². The van der Waals surface area contributed by atoms with Crippen LogP contribution in [0.1, 0.15) is 63.1 Å². The Balaban J connectivity index is 1.40. The van der Waals surface area contributed by atoms with E-state index in [2.05, 4.69) is 61.4 Å². The second kappa shape index (κ2) is 15.2. The van der Waals surface area contributed by atoms with Crippen molar-refractivity contribution in [3.8, 4) is 11.5 Å². The van der Waals surface area contributed by atoms with Gasteiger partial charge in [0, 0.05) is 0 Å². The Morgan fingerprint density at radius 2 is 1.44 bits per heavy atom. The topological polar surface area (TPSA) is 144 Å². The number of amides is 1. The highest BCUT2D eigenvalue weighted by atomic mass is 28.4. The number of fused-ring (bicyclic) bond motifs is 2. The lowest BCUT2D eigenvalue weighted by atomic mass is 9.79. The van der Waals surface area contributed by atoms with Crippen molar-refractivity contribution in [1.29, 1.82) is 0 Å². The molecular weight excluding hydrogens is 745 g/mol. The normalized spacial score (nSPS) is 22.0. The fourth-order valence-electron chi connectivity index (χ4n) is 7.50. The molecular formula is C43H52N4O9Si. The van der Waals surface area contributed by atoms with Gasteiger partial charge in [0.05, 0.1) is 33.1 Å². The molecule has 0 unspecified atom stereocenters. The van der Waals surface area contributed by atoms with E-state index in [1.54, 1.807) is 24.8 Å². The molecule has 57 heavy (non-hydrogen) atoms. The number of rotatable bonds is 13. The molecule has 0 aliphatic carbocycles. The van der Waals surface area contributed by atoms with Crippen LogP contribution in [-0.4, -0.2) is 85.1 Å². The predicted octanol–water partition coefficient (Wildman–Crippen LogP) is 8.20. The van der Waals surface area contributed by atoms with Crippen LogP contribution in [-0.2, 0) is 29.0 Å². The summed E-state index contributed by atoms with van der Waals surface area (Å²) in [7, 11) is 0.896. The number of methoxy groups -OCH3 is 2. The first-order chi connectivity index (χ1) is 27.0. The summed E-state index contributed by atoms with van der Waals surface area (Å²) in [6.07, 6.45) is -1.94. The summed E-state index contributed by atoms with van der Waals surface area (Å²) in [5.41, 5.74) is 1.32. The first-order valence-electron chi connectivity index (χ1n) is 19.0. The number of aromatic nitrogens is 3. The quantitative estimate of drug-likeness (QED) is 0.0879. The van der Waals surface area contributed by atoms with Crippen molar-refractivity contribution in [2.24, 2.45) is 0 Å². The van der Waals surface area contributed by atoms with E-state index in [0.29, 0.717) is 22.7 Å². The molecule has 2 aliphatic heterocycles. The van der Waals surface area contributed by atoms with Gasteiger partial charge in [0.2, 0.25) is 0 Å². The van der Waals surface area contributed by atoms with Crippen LogP contribution in [0.25, 0.3) is 5.52 Å². The third-order valence-corrected chi connectivity index (χ3v) is 16.0. The van der Waals surface area contributed by atoms with Crippen LogP contribution in [0.4, 0.5) is 10.6 Å². The van der Waals surface area contributed by atoms with E-state index in [-0.39, 0.29) is 24.1 Å². The summed E-state index contributed by atoms with van der Waals surface area (Å²) in [5, 5.41) is 16.3. The van der Waals surface area contributed by atoms with Crippen molar-refractivity contribution in [3.63, 3.8) is 0 Å². The van der Waals surface area contributed by atoms with Crippen LogP contribution >= 0.6 is 0 Å². The van der Waals surface area contributed by atoms with Crippen LogP contribution < -0.4 is 14.8 Å². The zero-order valence-corrected chi connectivity index (χ0v) is 34.9. The molecule has 0 saturated carbocycles. The average molecular weight is 797 g/mol. The van der Waals surface area contributed by atoms with Gasteiger partial charge in [0.1, 0.15) is 52.9 Å². The predicted molar refractivity (Wildman–Crippen MR) is 216 cm³/mol. The zero-order valence-electron chi connectivity index (χ0n) is 33.9. The number of carboxylic acid groups (broad SMARTS) is 1. The molecule has 2 fully saturated rings. The van der Waals surface area contributed by atoms with Crippen LogP contribution in [0.15, 0.2) is 97.3 Å². The SMILES string of the molecule is COc1ccc(C(OC[C@]2(CO[Si](C)(C)C(C)(C)C)O[C@@H](c3ccc4c(NC(=O)O)ncnn34)[C@@H]3OC(C)(C)O[C@@H]32)(c2ccccc2)c2ccc(OC)cc2)cc1. The maximum absolute atomic E-state index is 11.7. The third kappa shape index (κ3) is 7.53. The van der Waals surface area contributed by atoms with Crippen LogP contribution in [0.2, 0.25) is 18.1 Å². The van der Waals surface area contributed by atoms with Crippen molar-refractivity contribution in [3.05, 3.63) is 120 Å². The van der Waals surface area contributed by atoms with Gasteiger partial charge >= 0.3 is 6.09 Å². The van der Waals surface area contributed by atoms with Gasteiger partial charge in [-0.25, -0.2) is 14.3 Å². The summed E-state index contributed by atoms with van der Waals surface area (Å²) in [6.45, 7) is 14.9. The van der Waals surface area contributed by atoms with Crippen molar-refractivity contribution in [2.45, 2.75) is 88.1 Å². The number of carbonyl (C=O) groups is 1. The maximum atomic E-state index is 11.7. The molecule has 2 aliphatic rings. The Morgan fingerprint density at radius 3 is 2.00 bits per heavy atom. The molecule has 2 saturated heterocycles. The minimum Gasteiger partial charge on any atom is -0.497 e. The molecule has 4 atom stereocenters. The van der Waals surface area contributed by atoms with E-state index >= 15 is 0 Å². The summed E-state index contributed by atoms with van der Waals surface area (Å²) in [6, 6.07) is 29.5. The average Bonchev–Trinajstić information content (AvgIpc) is 3.85. The Kier molecular flexibility index (Phi) is 10.7. The van der Waals surface area contributed by atoms with Gasteiger partial charge in [-0.1, -0.05) is 75.4 Å². The zero-order chi connectivity index (χ0) is 40.8. The van der Waals surface area contributed by atoms with E-state index in [4.69, 9.17) is 32.8 Å². The number of ether oxygens (including phenoxy) is 6. The van der Waals surface area contributed by atoms with E-state index in [0.717, 1.165) is 16.7 Å². The minimum absolute atomic E-state index is 0.00972. The monoisotopic (exact) mass is 796 g/mol. The molecule has 1 amide bonds. The maximum Gasteiger partial charge on any atom is 0.410 e. The van der Waals surface area contributed by atoms with E-state index in [1.165, 1.54) is 6.33 Å². The molecule has 2 aromatic heterocycles. The lowest BCUT2D eigenvalue weighted by Crippen LogP contribution is -2.55. The molecule has 5 aromatic rings. The molecule has 0 bridgehead atoms. The molecule has 302 valence electrons. The number of nitrogens with zero attached hydrogens (tertiary/aromatic N) is 3. The Morgan fingerprint density at radius 1 is 0.842 bits per heavy atom. The highest BCUT2D eigenvalue weighted by Gasteiger charge is 2.65. The highest BCUT2D eigenvalue weighted by molar-refractivity contribution is 6.74. The van der Waals surface area contributed by atoms with Gasteiger partial charge in [-0.2, -0.15) is 5.10 Å². The Bertz CT molecular complexity index is 2140. The molecule has 2 N–H and O–H groups in total. The van der Waals surface area contributed by atoms with Gasteiger partial charge in [-0.15, -0.1) is 0 Å². The molecule has 14 heteroatoms. The van der Waals surface area contributed by atoms with Crippen molar-refractivity contribution < 1.29 is 42.7 Å². The summed E-state index contributed by atoms with van der Waals surface area (Å²) >= 11 is 0. The number of hydrogen-bond acceptors (Lipinski definition) is 10. The van der Waals surface area contributed by atoms with E-state index in [1.807, 2.05) is 86.6 Å². The summed E-state index contributed by atoms with van der Waals surface area (Å²) in [5.74, 6) is 0.580. The van der Waals surface area contributed by atoms with E-state index in [9.17, 15) is 9.90 Å². The molecule has 3 aromatic carbocycles. The van der Waals surface area contributed by atoms with Gasteiger partial charge in [-0.3, -0.25) is 5.32 Å². The van der Waals surface area contributed by atoms with Crippen molar-refractivity contribution in [2.75, 3.05) is 32.8 Å². The third-order valence-electron chi connectivity index (χ3n) is 11.5. The first-order valence-corrected chi connectivity index (χ1v) is 21.9. The second-order valence-corrected chi connectivity index (χ2v) is 21.4. The van der Waals surface area contributed by atoms with Gasteiger partial charge in [0.25, 0.3) is 0 Å². The fraction of sp³-hybridized carbons (Fsp3) is 0.419. The minimum atomic E-state index is -2.39. The summed E-state index contributed by atoms with van der Waals surface area (Å²) in [4.78, 5) is 15.8. The molecule has 7 rings (SSSR count). The van der Waals surface area contributed by atoms with Gasteiger partial charge in [0.15, 0.2) is 19.9 Å². The summed E-state index contributed by atoms with van der Waals surface area (Å²) < 4.78 is 48.3. The van der Waals surface area contributed by atoms with Crippen LogP contribution in [0, 0.1) is 0 Å². The molecule has 0 spiro atoms. The van der Waals surface area contributed by atoms with Crippen LogP contribution in [0.5, 0.6) is 11.5 Å². The van der Waals surface area contributed by atoms with Crippen molar-refractivity contribution >= 4 is 25.7 Å². The lowest BCUT2D eigenvalue weighted by molar-refractivity contribution is -0.232.